The molecular weight excluding hydrogens is 318 g/mol. The number of aryl methyl sites for hydroxylation is 3. The molecule has 0 aliphatic heterocycles. The lowest BCUT2D eigenvalue weighted by Crippen LogP contribution is -2.30. The zero-order valence-corrected chi connectivity index (χ0v) is 15.2. The fourth-order valence-corrected chi connectivity index (χ4v) is 2.28. The summed E-state index contributed by atoms with van der Waals surface area (Å²) in [4.78, 5) is 24.1. The Bertz CT molecular complexity index is 798. The average Bonchev–Trinajstić information content (AvgIpc) is 2.59. The molecule has 0 heterocycles. The van der Waals surface area contributed by atoms with Crippen molar-refractivity contribution in [2.75, 3.05) is 12.4 Å². The van der Waals surface area contributed by atoms with Crippen LogP contribution in [0.4, 0.5) is 5.69 Å². The Morgan fingerprint density at radius 2 is 1.64 bits per heavy atom. The zero-order chi connectivity index (χ0) is 18.6. The topological polar surface area (TPSA) is 64.6 Å². The summed E-state index contributed by atoms with van der Waals surface area (Å²) in [6.45, 7) is 7.55. The number of ether oxygens (including phenoxy) is 2. The van der Waals surface area contributed by atoms with E-state index in [-0.39, 0.29) is 5.91 Å². The molecular formula is C20H23NO4. The highest BCUT2D eigenvalue weighted by Gasteiger charge is 2.17. The van der Waals surface area contributed by atoms with E-state index in [1.54, 1.807) is 25.1 Å². The molecule has 5 nitrogen and oxygen atoms in total. The predicted molar refractivity (Wildman–Crippen MR) is 97.2 cm³/mol. The molecule has 2 aromatic carbocycles. The molecule has 0 aliphatic carbocycles. The summed E-state index contributed by atoms with van der Waals surface area (Å²) >= 11 is 0. The molecule has 0 radical (unpaired) electrons. The van der Waals surface area contributed by atoms with Crippen LogP contribution in [-0.4, -0.2) is 25.1 Å². The van der Waals surface area contributed by atoms with Gasteiger partial charge in [-0.2, -0.15) is 0 Å². The van der Waals surface area contributed by atoms with Gasteiger partial charge in [0, 0.05) is 5.69 Å². The van der Waals surface area contributed by atoms with Crippen molar-refractivity contribution < 1.29 is 19.1 Å². The van der Waals surface area contributed by atoms with Crippen molar-refractivity contribution >= 4 is 17.6 Å². The molecule has 2 rings (SSSR count). The first kappa shape index (κ1) is 18.5. The number of rotatable bonds is 5. The fraction of sp³-hybridized carbons (Fsp3) is 0.300. The van der Waals surface area contributed by atoms with Crippen LogP contribution in [0.1, 0.15) is 34.0 Å². The second-order valence-electron chi connectivity index (χ2n) is 6.02. The predicted octanol–water partition coefficient (Wildman–Crippen LogP) is 3.80. The Morgan fingerprint density at radius 1 is 0.960 bits per heavy atom. The van der Waals surface area contributed by atoms with Crippen molar-refractivity contribution in [2.45, 2.75) is 33.8 Å². The lowest BCUT2D eigenvalue weighted by Gasteiger charge is -2.17. The summed E-state index contributed by atoms with van der Waals surface area (Å²) in [5.74, 6) is -0.0935. The molecule has 25 heavy (non-hydrogen) atoms. The summed E-state index contributed by atoms with van der Waals surface area (Å²) in [5.41, 5.74) is 4.06. The summed E-state index contributed by atoms with van der Waals surface area (Å²) in [5, 5.41) is 2.80. The normalized spacial score (nSPS) is 11.6. The molecule has 0 aromatic heterocycles. The first-order valence-corrected chi connectivity index (χ1v) is 8.05. The van der Waals surface area contributed by atoms with E-state index in [1.165, 1.54) is 12.7 Å². The molecule has 0 fully saturated rings. The van der Waals surface area contributed by atoms with Crippen LogP contribution in [0, 0.1) is 20.8 Å². The van der Waals surface area contributed by atoms with Gasteiger partial charge >= 0.3 is 5.97 Å². The molecule has 0 spiro atoms. The summed E-state index contributed by atoms with van der Waals surface area (Å²) in [6.07, 6.45) is -0.678. The summed E-state index contributed by atoms with van der Waals surface area (Å²) < 4.78 is 10.4. The molecule has 0 saturated carbocycles. The highest BCUT2D eigenvalue weighted by molar-refractivity contribution is 5.97. The fourth-order valence-electron chi connectivity index (χ4n) is 2.28. The maximum atomic E-state index is 12.4. The number of methoxy groups -OCH3 is 1. The minimum Gasteiger partial charge on any atom is -0.481 e. The van der Waals surface area contributed by atoms with E-state index in [4.69, 9.17) is 9.47 Å². The number of carbonyl (C=O) groups is 2. The Balaban J connectivity index is 2.10. The Morgan fingerprint density at radius 3 is 2.28 bits per heavy atom. The standard InChI is InChI=1S/C20H23NO4/c1-12-7-9-17(10-14(12)3)25-15(4)19(22)21-18-11-16(20(23)24-5)8-6-13(18)2/h6-11,15H,1-5H3,(H,21,22)/t15-/m0/s1. The Kier molecular flexibility index (Phi) is 5.80. The number of amides is 1. The van der Waals surface area contributed by atoms with Crippen molar-refractivity contribution in [3.05, 3.63) is 58.7 Å². The van der Waals surface area contributed by atoms with E-state index in [9.17, 15) is 9.59 Å². The average molecular weight is 341 g/mol. The molecule has 2 aromatic rings. The zero-order valence-electron chi connectivity index (χ0n) is 15.2. The third-order valence-electron chi connectivity index (χ3n) is 4.08. The maximum Gasteiger partial charge on any atom is 0.337 e. The minimum atomic E-state index is -0.678. The highest BCUT2D eigenvalue weighted by atomic mass is 16.5. The number of anilines is 1. The van der Waals surface area contributed by atoms with Gasteiger partial charge in [-0.25, -0.2) is 4.79 Å². The number of carbonyl (C=O) groups excluding carboxylic acids is 2. The van der Waals surface area contributed by atoms with E-state index in [0.717, 1.165) is 11.1 Å². The monoisotopic (exact) mass is 341 g/mol. The van der Waals surface area contributed by atoms with Crippen LogP contribution in [0.25, 0.3) is 0 Å². The van der Waals surface area contributed by atoms with Crippen molar-refractivity contribution in [1.29, 1.82) is 0 Å². The smallest absolute Gasteiger partial charge is 0.337 e. The molecule has 1 atom stereocenters. The van der Waals surface area contributed by atoms with Gasteiger partial charge in [0.05, 0.1) is 12.7 Å². The van der Waals surface area contributed by atoms with Crippen LogP contribution in [0.15, 0.2) is 36.4 Å². The second-order valence-corrected chi connectivity index (χ2v) is 6.02. The first-order valence-electron chi connectivity index (χ1n) is 8.05. The van der Waals surface area contributed by atoms with Crippen molar-refractivity contribution in [3.8, 4) is 5.75 Å². The van der Waals surface area contributed by atoms with Crippen LogP contribution < -0.4 is 10.1 Å². The number of hydrogen-bond donors (Lipinski definition) is 1. The van der Waals surface area contributed by atoms with Crippen molar-refractivity contribution in [2.24, 2.45) is 0 Å². The van der Waals surface area contributed by atoms with Crippen LogP contribution in [0.5, 0.6) is 5.75 Å². The van der Waals surface area contributed by atoms with Crippen LogP contribution in [0.2, 0.25) is 0 Å². The maximum absolute atomic E-state index is 12.4. The quantitative estimate of drug-likeness (QED) is 0.840. The lowest BCUT2D eigenvalue weighted by molar-refractivity contribution is -0.122. The van der Waals surface area contributed by atoms with Gasteiger partial charge in [-0.3, -0.25) is 4.79 Å². The van der Waals surface area contributed by atoms with Crippen LogP contribution in [0.3, 0.4) is 0 Å². The van der Waals surface area contributed by atoms with Gasteiger partial charge in [0.2, 0.25) is 0 Å². The van der Waals surface area contributed by atoms with E-state index < -0.39 is 12.1 Å². The van der Waals surface area contributed by atoms with E-state index in [1.807, 2.05) is 39.0 Å². The first-order chi connectivity index (χ1) is 11.8. The van der Waals surface area contributed by atoms with Crippen LogP contribution >= 0.6 is 0 Å². The van der Waals surface area contributed by atoms with Crippen molar-refractivity contribution in [1.82, 2.24) is 0 Å². The summed E-state index contributed by atoms with van der Waals surface area (Å²) in [7, 11) is 1.32. The molecule has 0 unspecified atom stereocenters. The number of hydrogen-bond acceptors (Lipinski definition) is 4. The third-order valence-corrected chi connectivity index (χ3v) is 4.08. The van der Waals surface area contributed by atoms with Gasteiger partial charge in [0.25, 0.3) is 5.91 Å². The lowest BCUT2D eigenvalue weighted by atomic mass is 10.1. The highest BCUT2D eigenvalue weighted by Crippen LogP contribution is 2.20. The van der Waals surface area contributed by atoms with Crippen molar-refractivity contribution in [3.63, 3.8) is 0 Å². The van der Waals surface area contributed by atoms with E-state index in [2.05, 4.69) is 5.32 Å². The van der Waals surface area contributed by atoms with E-state index in [0.29, 0.717) is 17.0 Å². The molecule has 1 N–H and O–H groups in total. The third kappa shape index (κ3) is 4.59. The minimum absolute atomic E-state index is 0.289. The second kappa shape index (κ2) is 7.83. The number of esters is 1. The Hall–Kier alpha value is -2.82. The number of benzene rings is 2. The molecule has 1 amide bonds. The van der Waals surface area contributed by atoms with Gasteiger partial charge in [-0.15, -0.1) is 0 Å². The molecule has 132 valence electrons. The van der Waals surface area contributed by atoms with Gasteiger partial charge < -0.3 is 14.8 Å². The van der Waals surface area contributed by atoms with Gasteiger partial charge in [0.15, 0.2) is 6.10 Å². The largest absolute Gasteiger partial charge is 0.481 e. The molecule has 0 aliphatic rings. The number of nitrogens with one attached hydrogen (secondary N) is 1. The summed E-state index contributed by atoms with van der Waals surface area (Å²) in [6, 6.07) is 10.7. The van der Waals surface area contributed by atoms with Gasteiger partial charge in [-0.05, 0) is 68.7 Å². The molecule has 0 bridgehead atoms. The van der Waals surface area contributed by atoms with Gasteiger partial charge in [0.1, 0.15) is 5.75 Å². The molecule has 5 heteroatoms. The van der Waals surface area contributed by atoms with Crippen LogP contribution in [-0.2, 0) is 9.53 Å². The Labute approximate surface area is 148 Å². The molecule has 0 saturated heterocycles. The van der Waals surface area contributed by atoms with E-state index >= 15 is 0 Å². The van der Waals surface area contributed by atoms with Gasteiger partial charge in [-0.1, -0.05) is 12.1 Å². The SMILES string of the molecule is COC(=O)c1ccc(C)c(NC(=O)[C@H](C)Oc2ccc(C)c(C)c2)c1.